The topological polar surface area (TPSA) is 76.2 Å². The molecule has 0 radical (unpaired) electrons. The molecule has 6 nitrogen and oxygen atoms in total. The number of aryl methyl sites for hydroxylation is 1. The van der Waals surface area contributed by atoms with Gasteiger partial charge in [0.1, 0.15) is 0 Å². The summed E-state index contributed by atoms with van der Waals surface area (Å²) in [4.78, 5) is 3.96. The predicted molar refractivity (Wildman–Crippen MR) is 42.1 cm³/mol. The Labute approximate surface area is 89.9 Å². The van der Waals surface area contributed by atoms with E-state index in [-0.39, 0.29) is 35.4 Å². The summed E-state index contributed by atoms with van der Waals surface area (Å²) in [5.74, 6) is 0.306. The Kier molecular flexibility index (Phi) is 2.61. The second-order valence-corrected chi connectivity index (χ2v) is 2.15. The molecule has 0 saturated heterocycles. The average molecular weight is 175 g/mol. The third kappa shape index (κ3) is 1.40. The first-order chi connectivity index (χ1) is 5.27. The Balaban J connectivity index is 0.000000720. The standard InChI is InChI=1S/C5H5N5O.Na.H/c1-3-2-4(11)10-5(6-3)7-8-9-10;;/h2,11H,1H3;;. The number of fused-ring (bicyclic) bond motifs is 1. The van der Waals surface area contributed by atoms with E-state index in [1.807, 2.05) is 0 Å². The first kappa shape index (κ1) is 9.37. The zero-order valence-electron chi connectivity index (χ0n) is 5.76. The molecule has 0 fully saturated rings. The minimum atomic E-state index is -0.00231. The quantitative estimate of drug-likeness (QED) is 0.513. The summed E-state index contributed by atoms with van der Waals surface area (Å²) < 4.78 is 1.16. The van der Waals surface area contributed by atoms with Crippen LogP contribution in [0.4, 0.5) is 0 Å². The molecule has 0 amide bonds. The molecule has 12 heavy (non-hydrogen) atoms. The Bertz CT molecular complexity index is 400. The summed E-state index contributed by atoms with van der Waals surface area (Å²) in [7, 11) is 0. The van der Waals surface area contributed by atoms with Crippen molar-refractivity contribution >= 4 is 35.3 Å². The van der Waals surface area contributed by atoms with Crippen molar-refractivity contribution < 1.29 is 5.11 Å². The maximum atomic E-state index is 9.22. The molecule has 2 aromatic rings. The van der Waals surface area contributed by atoms with Gasteiger partial charge in [0.2, 0.25) is 5.88 Å². The second kappa shape index (κ2) is 3.34. The van der Waals surface area contributed by atoms with Gasteiger partial charge in [0.25, 0.3) is 5.78 Å². The summed E-state index contributed by atoms with van der Waals surface area (Å²) in [6.07, 6.45) is 0. The molecule has 0 aromatic carbocycles. The van der Waals surface area contributed by atoms with Gasteiger partial charge in [-0.05, 0) is 17.4 Å². The summed E-state index contributed by atoms with van der Waals surface area (Å²) in [6, 6.07) is 1.49. The molecule has 0 aliphatic carbocycles. The molecule has 0 atom stereocenters. The van der Waals surface area contributed by atoms with Crippen molar-refractivity contribution in [1.82, 2.24) is 25.0 Å². The third-order valence-electron chi connectivity index (χ3n) is 1.28. The zero-order valence-corrected chi connectivity index (χ0v) is 5.76. The van der Waals surface area contributed by atoms with Gasteiger partial charge in [0.05, 0.1) is 0 Å². The van der Waals surface area contributed by atoms with Gasteiger partial charge in [0.15, 0.2) is 0 Å². The third-order valence-corrected chi connectivity index (χ3v) is 1.28. The first-order valence-corrected chi connectivity index (χ1v) is 3.02. The van der Waals surface area contributed by atoms with Gasteiger partial charge < -0.3 is 5.11 Å². The van der Waals surface area contributed by atoms with Gasteiger partial charge in [-0.1, -0.05) is 5.10 Å². The fraction of sp³-hybridized carbons (Fsp3) is 0.200. The van der Waals surface area contributed by atoms with Crippen LogP contribution >= 0.6 is 0 Å². The molecule has 58 valence electrons. The van der Waals surface area contributed by atoms with Gasteiger partial charge in [-0.25, -0.2) is 4.98 Å². The maximum absolute atomic E-state index is 9.22. The van der Waals surface area contributed by atoms with Gasteiger partial charge in [-0.15, -0.1) is 4.52 Å². The molecule has 7 heteroatoms. The normalized spacial score (nSPS) is 9.75. The van der Waals surface area contributed by atoms with Crippen molar-refractivity contribution in [1.29, 1.82) is 0 Å². The molecular formula is C5H6N5NaO. The monoisotopic (exact) mass is 175 g/mol. The number of rotatable bonds is 0. The number of nitrogens with zero attached hydrogens (tertiary/aromatic N) is 5. The van der Waals surface area contributed by atoms with E-state index < -0.39 is 0 Å². The summed E-state index contributed by atoms with van der Waals surface area (Å²) in [5, 5.41) is 19.6. The van der Waals surface area contributed by atoms with Crippen LogP contribution < -0.4 is 0 Å². The molecule has 0 saturated carbocycles. The van der Waals surface area contributed by atoms with Crippen LogP contribution in [0.1, 0.15) is 5.69 Å². The van der Waals surface area contributed by atoms with E-state index in [0.29, 0.717) is 11.5 Å². The molecule has 0 bridgehead atoms. The SMILES string of the molecule is Cc1cc(O)n2nnnc2n1.[NaH]. The molecule has 2 aromatic heterocycles. The van der Waals surface area contributed by atoms with Gasteiger partial charge >= 0.3 is 29.6 Å². The van der Waals surface area contributed by atoms with Crippen molar-refractivity contribution in [3.05, 3.63) is 11.8 Å². The van der Waals surface area contributed by atoms with Crippen LogP contribution in [-0.2, 0) is 0 Å². The summed E-state index contributed by atoms with van der Waals surface area (Å²) >= 11 is 0. The molecular weight excluding hydrogens is 169 g/mol. The van der Waals surface area contributed by atoms with Crippen molar-refractivity contribution in [3.8, 4) is 5.88 Å². The molecule has 1 N–H and O–H groups in total. The number of aromatic hydroxyl groups is 1. The predicted octanol–water partition coefficient (Wildman–Crippen LogP) is -1.12. The van der Waals surface area contributed by atoms with Gasteiger partial charge in [0, 0.05) is 11.8 Å². The number of hydrogen-bond acceptors (Lipinski definition) is 5. The Morgan fingerprint density at radius 2 is 2.25 bits per heavy atom. The van der Waals surface area contributed by atoms with Gasteiger partial charge in [-0.3, -0.25) is 0 Å². The zero-order chi connectivity index (χ0) is 7.84. The molecule has 0 aliphatic rings. The molecule has 0 unspecified atom stereocenters. The minimum absolute atomic E-state index is 0. The van der Waals surface area contributed by atoms with Crippen LogP contribution in [0.5, 0.6) is 5.88 Å². The summed E-state index contributed by atoms with van der Waals surface area (Å²) in [6.45, 7) is 1.76. The van der Waals surface area contributed by atoms with Crippen LogP contribution in [0.2, 0.25) is 0 Å². The van der Waals surface area contributed by atoms with E-state index >= 15 is 0 Å². The van der Waals surface area contributed by atoms with Crippen molar-refractivity contribution in [2.75, 3.05) is 0 Å². The Hall–Kier alpha value is -0.720. The van der Waals surface area contributed by atoms with Crippen LogP contribution in [-0.4, -0.2) is 59.7 Å². The van der Waals surface area contributed by atoms with E-state index in [1.54, 1.807) is 6.92 Å². The molecule has 0 aliphatic heterocycles. The Morgan fingerprint density at radius 3 is 3.00 bits per heavy atom. The second-order valence-electron chi connectivity index (χ2n) is 2.15. The average Bonchev–Trinajstić information content (AvgIpc) is 2.34. The number of aromatic nitrogens is 5. The van der Waals surface area contributed by atoms with E-state index in [1.165, 1.54) is 6.07 Å². The van der Waals surface area contributed by atoms with Crippen molar-refractivity contribution in [2.45, 2.75) is 6.92 Å². The fourth-order valence-electron chi connectivity index (χ4n) is 0.838. The van der Waals surface area contributed by atoms with Crippen molar-refractivity contribution in [3.63, 3.8) is 0 Å². The number of hydrogen-bond donors (Lipinski definition) is 1. The van der Waals surface area contributed by atoms with E-state index in [2.05, 4.69) is 20.5 Å². The number of tetrazole rings is 1. The molecule has 0 spiro atoms. The molecule has 2 heterocycles. The summed E-state index contributed by atoms with van der Waals surface area (Å²) in [5.41, 5.74) is 0.685. The van der Waals surface area contributed by atoms with Crippen LogP contribution in [0.15, 0.2) is 6.07 Å². The Morgan fingerprint density at radius 1 is 1.50 bits per heavy atom. The van der Waals surface area contributed by atoms with E-state index in [4.69, 9.17) is 0 Å². The molecule has 2 rings (SSSR count). The van der Waals surface area contributed by atoms with E-state index in [0.717, 1.165) is 4.52 Å². The van der Waals surface area contributed by atoms with Crippen LogP contribution in [0, 0.1) is 6.92 Å². The first-order valence-electron chi connectivity index (χ1n) is 3.02. The fourth-order valence-corrected chi connectivity index (χ4v) is 0.838. The van der Waals surface area contributed by atoms with Gasteiger partial charge in [-0.2, -0.15) is 0 Å². The van der Waals surface area contributed by atoms with Crippen LogP contribution in [0.3, 0.4) is 0 Å². The van der Waals surface area contributed by atoms with E-state index in [9.17, 15) is 5.11 Å². The van der Waals surface area contributed by atoms with Crippen LogP contribution in [0.25, 0.3) is 5.78 Å². The van der Waals surface area contributed by atoms with Crippen molar-refractivity contribution in [2.24, 2.45) is 0 Å².